The zero-order valence-corrected chi connectivity index (χ0v) is 16.2. The first-order chi connectivity index (χ1) is 14.3. The van der Waals surface area contributed by atoms with Crippen LogP contribution in [0.1, 0.15) is 5.56 Å². The molecule has 0 saturated carbocycles. The number of nitrogens with one attached hydrogen (secondary N) is 1. The van der Waals surface area contributed by atoms with E-state index in [0.29, 0.717) is 31.3 Å². The third-order valence-corrected chi connectivity index (χ3v) is 6.27. The Labute approximate surface area is 169 Å². The maximum atomic E-state index is 12.7. The second kappa shape index (κ2) is 7.65. The molecule has 1 aromatic carbocycles. The van der Waals surface area contributed by atoms with E-state index in [1.54, 1.807) is 12.4 Å². The standard InChI is InChI=1S/C17H16F3N7O2S/c18-17(19,20)30(28,29)14-3-1-13(2-4-14)27-8-7-26(11-27)10-12-5-6-21-9-15(12)16-22-24-25-23-16/h1-6,9H,7-8,10-11H2,(H,22,23,24,25). The van der Waals surface area contributed by atoms with Crippen LogP contribution >= 0.6 is 0 Å². The Balaban J connectivity index is 1.46. The van der Waals surface area contributed by atoms with Gasteiger partial charge in [-0.25, -0.2) is 8.42 Å². The fourth-order valence-corrected chi connectivity index (χ4v) is 4.00. The number of H-pyrrole nitrogens is 1. The molecule has 30 heavy (non-hydrogen) atoms. The number of hydrogen-bond donors (Lipinski definition) is 1. The first-order valence-corrected chi connectivity index (χ1v) is 10.3. The Hall–Kier alpha value is -3.06. The van der Waals surface area contributed by atoms with E-state index in [1.807, 2.05) is 11.0 Å². The number of pyridine rings is 1. The highest BCUT2D eigenvalue weighted by atomic mass is 32.2. The highest BCUT2D eigenvalue weighted by molar-refractivity contribution is 7.92. The summed E-state index contributed by atoms with van der Waals surface area (Å²) in [6, 6.07) is 6.61. The van der Waals surface area contributed by atoms with Crippen LogP contribution in [0.3, 0.4) is 0 Å². The summed E-state index contributed by atoms with van der Waals surface area (Å²) in [5.41, 5.74) is -2.96. The largest absolute Gasteiger partial charge is 0.501 e. The van der Waals surface area contributed by atoms with Crippen LogP contribution in [0.15, 0.2) is 47.6 Å². The molecular weight excluding hydrogens is 423 g/mol. The molecule has 0 amide bonds. The molecule has 0 unspecified atom stereocenters. The molecule has 1 N–H and O–H groups in total. The molecule has 0 aliphatic carbocycles. The van der Waals surface area contributed by atoms with E-state index in [0.717, 1.165) is 29.8 Å². The van der Waals surface area contributed by atoms with Gasteiger partial charge < -0.3 is 4.90 Å². The van der Waals surface area contributed by atoms with Crippen LogP contribution in [-0.4, -0.2) is 64.2 Å². The number of sulfone groups is 1. The van der Waals surface area contributed by atoms with Gasteiger partial charge >= 0.3 is 5.51 Å². The van der Waals surface area contributed by atoms with E-state index in [1.165, 1.54) is 12.1 Å². The summed E-state index contributed by atoms with van der Waals surface area (Å²) in [4.78, 5) is 7.43. The molecule has 3 aromatic rings. The molecule has 1 aliphatic heterocycles. The number of halogens is 3. The summed E-state index contributed by atoms with van der Waals surface area (Å²) in [6.07, 6.45) is 3.33. The summed E-state index contributed by atoms with van der Waals surface area (Å²) in [5, 5.41) is 13.9. The SMILES string of the molecule is O=S(=O)(c1ccc(N2CCN(Cc3ccncc3-c3nn[nH]n3)C2)cc1)C(F)(F)F. The third kappa shape index (κ3) is 3.85. The molecule has 1 saturated heterocycles. The number of aromatic nitrogens is 5. The fraction of sp³-hybridized carbons (Fsp3) is 0.294. The number of hydrogen-bond acceptors (Lipinski definition) is 8. The van der Waals surface area contributed by atoms with Crippen LogP contribution in [0.2, 0.25) is 0 Å². The highest BCUT2D eigenvalue weighted by Gasteiger charge is 2.46. The first-order valence-electron chi connectivity index (χ1n) is 8.81. The maximum absolute atomic E-state index is 12.7. The van der Waals surface area contributed by atoms with Gasteiger partial charge in [-0.2, -0.15) is 18.4 Å². The van der Waals surface area contributed by atoms with Gasteiger partial charge in [0, 0.05) is 43.3 Å². The Bertz CT molecular complexity index is 1120. The molecule has 0 spiro atoms. The second-order valence-electron chi connectivity index (χ2n) is 6.67. The fourth-order valence-electron chi connectivity index (χ4n) is 3.23. The van der Waals surface area contributed by atoms with Gasteiger partial charge in [-0.15, -0.1) is 10.2 Å². The van der Waals surface area contributed by atoms with Crippen molar-refractivity contribution in [2.24, 2.45) is 0 Å². The van der Waals surface area contributed by atoms with Crippen molar-refractivity contribution in [3.05, 3.63) is 48.3 Å². The topological polar surface area (TPSA) is 108 Å². The van der Waals surface area contributed by atoms with Gasteiger partial charge in [0.05, 0.1) is 11.6 Å². The lowest BCUT2D eigenvalue weighted by Gasteiger charge is -2.21. The van der Waals surface area contributed by atoms with Gasteiger partial charge in [0.15, 0.2) is 0 Å². The van der Waals surface area contributed by atoms with Crippen LogP contribution in [0.4, 0.5) is 18.9 Å². The van der Waals surface area contributed by atoms with Crippen LogP contribution < -0.4 is 4.90 Å². The van der Waals surface area contributed by atoms with Crippen molar-refractivity contribution < 1.29 is 21.6 Å². The second-order valence-corrected chi connectivity index (χ2v) is 8.61. The molecule has 9 nitrogen and oxygen atoms in total. The molecule has 2 aromatic heterocycles. The Morgan fingerprint density at radius 1 is 1.10 bits per heavy atom. The summed E-state index contributed by atoms with van der Waals surface area (Å²) >= 11 is 0. The van der Waals surface area contributed by atoms with E-state index in [4.69, 9.17) is 0 Å². The molecule has 3 heterocycles. The smallest absolute Gasteiger partial charge is 0.357 e. The van der Waals surface area contributed by atoms with Gasteiger partial charge in [-0.05, 0) is 41.1 Å². The predicted octanol–water partition coefficient (Wildman–Crippen LogP) is 1.83. The summed E-state index contributed by atoms with van der Waals surface area (Å²) in [7, 11) is -5.35. The predicted molar refractivity (Wildman–Crippen MR) is 99.7 cm³/mol. The maximum Gasteiger partial charge on any atom is 0.501 e. The molecule has 1 aliphatic rings. The Morgan fingerprint density at radius 2 is 1.87 bits per heavy atom. The van der Waals surface area contributed by atoms with Crippen molar-refractivity contribution in [1.29, 1.82) is 0 Å². The lowest BCUT2D eigenvalue weighted by atomic mass is 10.1. The average molecular weight is 439 g/mol. The minimum Gasteiger partial charge on any atom is -0.357 e. The number of rotatable bonds is 5. The molecule has 13 heteroatoms. The summed E-state index contributed by atoms with van der Waals surface area (Å²) in [6.45, 7) is 2.48. The minimum absolute atomic E-state index is 0.440. The quantitative estimate of drug-likeness (QED) is 0.642. The number of nitrogens with zero attached hydrogens (tertiary/aromatic N) is 6. The van der Waals surface area contributed by atoms with Crippen LogP contribution in [-0.2, 0) is 16.4 Å². The molecule has 158 valence electrons. The molecule has 0 atom stereocenters. The number of alkyl halides is 3. The van der Waals surface area contributed by atoms with Gasteiger partial charge in [-0.3, -0.25) is 9.88 Å². The van der Waals surface area contributed by atoms with Crippen molar-refractivity contribution in [3.63, 3.8) is 0 Å². The van der Waals surface area contributed by atoms with Gasteiger partial charge in [0.1, 0.15) is 0 Å². The monoisotopic (exact) mass is 439 g/mol. The average Bonchev–Trinajstić information content (AvgIpc) is 3.40. The lowest BCUT2D eigenvalue weighted by molar-refractivity contribution is -0.0436. The Kier molecular flexibility index (Phi) is 5.15. The number of tetrazole rings is 1. The zero-order valence-electron chi connectivity index (χ0n) is 15.4. The van der Waals surface area contributed by atoms with Crippen molar-refractivity contribution in [2.45, 2.75) is 16.9 Å². The van der Waals surface area contributed by atoms with Crippen LogP contribution in [0.5, 0.6) is 0 Å². The van der Waals surface area contributed by atoms with Crippen LogP contribution in [0.25, 0.3) is 11.4 Å². The zero-order chi connectivity index (χ0) is 21.4. The summed E-state index contributed by atoms with van der Waals surface area (Å²) in [5.74, 6) is 0.440. The van der Waals surface area contributed by atoms with Gasteiger partial charge in [-0.1, -0.05) is 0 Å². The van der Waals surface area contributed by atoms with E-state index >= 15 is 0 Å². The lowest BCUT2D eigenvalue weighted by Crippen LogP contribution is -2.25. The normalized spacial score (nSPS) is 15.6. The molecule has 0 bridgehead atoms. The van der Waals surface area contributed by atoms with Gasteiger partial charge in [0.25, 0.3) is 9.84 Å². The van der Waals surface area contributed by atoms with E-state index in [-0.39, 0.29) is 0 Å². The first kappa shape index (κ1) is 20.2. The van der Waals surface area contributed by atoms with Crippen molar-refractivity contribution in [2.75, 3.05) is 24.7 Å². The van der Waals surface area contributed by atoms with Gasteiger partial charge in [0.2, 0.25) is 5.82 Å². The molecule has 0 radical (unpaired) electrons. The molecule has 1 fully saturated rings. The van der Waals surface area contributed by atoms with Crippen molar-refractivity contribution >= 4 is 15.5 Å². The van der Waals surface area contributed by atoms with E-state index in [9.17, 15) is 21.6 Å². The minimum atomic E-state index is -5.35. The molecule has 4 rings (SSSR count). The number of aromatic amines is 1. The van der Waals surface area contributed by atoms with Crippen molar-refractivity contribution in [3.8, 4) is 11.4 Å². The van der Waals surface area contributed by atoms with E-state index < -0.39 is 20.2 Å². The third-order valence-electron chi connectivity index (χ3n) is 4.77. The number of anilines is 1. The molecular formula is C17H16F3N7O2S. The Morgan fingerprint density at radius 3 is 2.53 bits per heavy atom. The van der Waals surface area contributed by atoms with Crippen molar-refractivity contribution in [1.82, 2.24) is 30.5 Å². The van der Waals surface area contributed by atoms with Crippen LogP contribution in [0, 0.1) is 0 Å². The summed E-state index contributed by atoms with van der Waals surface area (Å²) < 4.78 is 61.1. The highest BCUT2D eigenvalue weighted by Crippen LogP contribution is 2.31. The number of benzene rings is 1. The van der Waals surface area contributed by atoms with E-state index in [2.05, 4.69) is 30.5 Å².